The minimum atomic E-state index is -0.534. The number of amides is 2. The Hall–Kier alpha value is -3.53. The SMILES string of the molecule is [C-]#[N+]c1cccc(NC(=O)c2cccc3c2OCC[C@@H]3NC(=O)OC)c1. The summed E-state index contributed by atoms with van der Waals surface area (Å²) in [4.78, 5) is 27.6. The lowest BCUT2D eigenvalue weighted by atomic mass is 9.97. The lowest BCUT2D eigenvalue weighted by Crippen LogP contribution is -2.32. The van der Waals surface area contributed by atoms with E-state index in [4.69, 9.17) is 11.3 Å². The molecule has 1 atom stereocenters. The van der Waals surface area contributed by atoms with E-state index in [0.29, 0.717) is 35.7 Å². The fourth-order valence-electron chi connectivity index (χ4n) is 2.81. The molecule has 132 valence electrons. The average Bonchev–Trinajstić information content (AvgIpc) is 2.67. The molecule has 0 spiro atoms. The number of carbonyl (C=O) groups is 2. The molecule has 0 fully saturated rings. The molecular formula is C19H17N3O4. The molecule has 0 aliphatic carbocycles. The van der Waals surface area contributed by atoms with E-state index in [1.54, 1.807) is 36.4 Å². The normalized spacial score (nSPS) is 15.0. The Morgan fingerprint density at radius 3 is 2.85 bits per heavy atom. The van der Waals surface area contributed by atoms with E-state index < -0.39 is 6.09 Å². The van der Waals surface area contributed by atoms with Crippen LogP contribution < -0.4 is 15.4 Å². The first-order valence-electron chi connectivity index (χ1n) is 8.01. The van der Waals surface area contributed by atoms with Crippen LogP contribution in [-0.4, -0.2) is 25.7 Å². The van der Waals surface area contributed by atoms with Gasteiger partial charge in [-0.1, -0.05) is 24.3 Å². The number of carbonyl (C=O) groups excluding carboxylic acids is 2. The summed E-state index contributed by atoms with van der Waals surface area (Å²) in [6.07, 6.45) is 0.0499. The molecule has 2 aromatic carbocycles. The second kappa shape index (κ2) is 7.57. The van der Waals surface area contributed by atoms with Crippen molar-refractivity contribution < 1.29 is 19.1 Å². The number of benzene rings is 2. The second-order valence-corrected chi connectivity index (χ2v) is 5.67. The van der Waals surface area contributed by atoms with Gasteiger partial charge in [0.05, 0.1) is 31.9 Å². The predicted octanol–water partition coefficient (Wildman–Crippen LogP) is 3.67. The fraction of sp³-hybridized carbons (Fsp3) is 0.211. The summed E-state index contributed by atoms with van der Waals surface area (Å²) >= 11 is 0. The molecule has 1 aliphatic rings. The summed E-state index contributed by atoms with van der Waals surface area (Å²) in [7, 11) is 1.30. The van der Waals surface area contributed by atoms with Crippen LogP contribution in [0.25, 0.3) is 4.85 Å². The molecule has 2 N–H and O–H groups in total. The van der Waals surface area contributed by atoms with E-state index in [9.17, 15) is 9.59 Å². The topological polar surface area (TPSA) is 81.0 Å². The van der Waals surface area contributed by atoms with Crippen LogP contribution in [-0.2, 0) is 4.74 Å². The summed E-state index contributed by atoms with van der Waals surface area (Å²) in [5, 5.41) is 5.53. The van der Waals surface area contributed by atoms with E-state index in [1.165, 1.54) is 7.11 Å². The third-order valence-corrected chi connectivity index (χ3v) is 4.03. The standard InChI is InChI=1S/C19H17N3O4/c1-20-12-5-3-6-13(11-12)21-18(23)15-8-4-7-14-16(22-19(24)25-2)9-10-26-17(14)15/h3-8,11,16H,9-10H2,2H3,(H,21,23)(H,22,24)/t16-/m0/s1. The molecule has 7 heteroatoms. The van der Waals surface area contributed by atoms with Crippen LogP contribution in [0.4, 0.5) is 16.2 Å². The Balaban J connectivity index is 1.87. The van der Waals surface area contributed by atoms with Gasteiger partial charge >= 0.3 is 6.09 Å². The van der Waals surface area contributed by atoms with Crippen LogP contribution in [0.3, 0.4) is 0 Å². The number of rotatable bonds is 3. The second-order valence-electron chi connectivity index (χ2n) is 5.67. The molecule has 2 aromatic rings. The molecule has 26 heavy (non-hydrogen) atoms. The van der Waals surface area contributed by atoms with Crippen LogP contribution >= 0.6 is 0 Å². The van der Waals surface area contributed by atoms with Gasteiger partial charge in [-0.15, -0.1) is 0 Å². The van der Waals surface area contributed by atoms with Gasteiger partial charge < -0.3 is 20.1 Å². The number of para-hydroxylation sites is 1. The number of methoxy groups -OCH3 is 1. The zero-order valence-corrected chi connectivity index (χ0v) is 14.1. The molecule has 1 heterocycles. The molecule has 1 aliphatic heterocycles. The van der Waals surface area contributed by atoms with Gasteiger partial charge in [0.2, 0.25) is 0 Å². The zero-order chi connectivity index (χ0) is 18.5. The smallest absolute Gasteiger partial charge is 0.407 e. The van der Waals surface area contributed by atoms with Gasteiger partial charge in [-0.3, -0.25) is 4.79 Å². The Kier molecular flexibility index (Phi) is 5.04. The first-order valence-corrected chi connectivity index (χ1v) is 8.01. The molecule has 0 saturated heterocycles. The van der Waals surface area contributed by atoms with Crippen molar-refractivity contribution in [3.63, 3.8) is 0 Å². The Morgan fingerprint density at radius 2 is 2.08 bits per heavy atom. The van der Waals surface area contributed by atoms with Gasteiger partial charge in [0.15, 0.2) is 5.69 Å². The average molecular weight is 351 g/mol. The van der Waals surface area contributed by atoms with Crippen LogP contribution in [0, 0.1) is 6.57 Å². The third-order valence-electron chi connectivity index (χ3n) is 4.03. The maximum absolute atomic E-state index is 12.7. The van der Waals surface area contributed by atoms with E-state index in [0.717, 1.165) is 5.56 Å². The number of fused-ring (bicyclic) bond motifs is 1. The Bertz CT molecular complexity index is 889. The van der Waals surface area contributed by atoms with Crippen molar-refractivity contribution in [3.8, 4) is 5.75 Å². The molecule has 0 saturated carbocycles. The highest BCUT2D eigenvalue weighted by atomic mass is 16.5. The largest absolute Gasteiger partial charge is 0.492 e. The highest BCUT2D eigenvalue weighted by Gasteiger charge is 2.27. The number of nitrogens with one attached hydrogen (secondary N) is 2. The number of hydrogen-bond donors (Lipinski definition) is 2. The Morgan fingerprint density at radius 1 is 1.27 bits per heavy atom. The summed E-state index contributed by atoms with van der Waals surface area (Å²) < 4.78 is 10.4. The minimum absolute atomic E-state index is 0.288. The highest BCUT2D eigenvalue weighted by molar-refractivity contribution is 6.06. The van der Waals surface area contributed by atoms with Crippen LogP contribution in [0.15, 0.2) is 42.5 Å². The van der Waals surface area contributed by atoms with E-state index in [-0.39, 0.29) is 11.9 Å². The molecular weight excluding hydrogens is 334 g/mol. The van der Waals surface area contributed by atoms with Crippen molar-refractivity contribution in [2.45, 2.75) is 12.5 Å². The minimum Gasteiger partial charge on any atom is -0.492 e. The first kappa shape index (κ1) is 17.3. The first-order chi connectivity index (χ1) is 12.6. The molecule has 0 unspecified atom stereocenters. The van der Waals surface area contributed by atoms with E-state index in [2.05, 4.69) is 20.2 Å². The van der Waals surface area contributed by atoms with Crippen molar-refractivity contribution in [3.05, 3.63) is 65.0 Å². The van der Waals surface area contributed by atoms with Crippen LogP contribution in [0.5, 0.6) is 5.75 Å². The summed E-state index contributed by atoms with van der Waals surface area (Å²) in [6.45, 7) is 7.43. The maximum Gasteiger partial charge on any atom is 0.407 e. The third kappa shape index (κ3) is 3.59. The molecule has 0 bridgehead atoms. The van der Waals surface area contributed by atoms with Crippen molar-refractivity contribution >= 4 is 23.4 Å². The number of ether oxygens (including phenoxy) is 2. The number of anilines is 1. The zero-order valence-electron chi connectivity index (χ0n) is 14.1. The van der Waals surface area contributed by atoms with E-state index >= 15 is 0 Å². The van der Waals surface area contributed by atoms with Gasteiger partial charge in [0.25, 0.3) is 5.91 Å². The number of alkyl carbamates (subject to hydrolysis) is 1. The van der Waals surface area contributed by atoms with Crippen molar-refractivity contribution in [2.75, 3.05) is 19.0 Å². The monoisotopic (exact) mass is 351 g/mol. The van der Waals surface area contributed by atoms with Gasteiger partial charge in [0.1, 0.15) is 5.75 Å². The quantitative estimate of drug-likeness (QED) is 0.827. The van der Waals surface area contributed by atoms with Gasteiger partial charge in [-0.2, -0.15) is 0 Å². The summed E-state index contributed by atoms with van der Waals surface area (Å²) in [5.74, 6) is 0.0988. The number of nitrogens with zero attached hydrogens (tertiary/aromatic N) is 1. The lowest BCUT2D eigenvalue weighted by Gasteiger charge is -2.27. The maximum atomic E-state index is 12.7. The van der Waals surface area contributed by atoms with Gasteiger partial charge in [0, 0.05) is 17.7 Å². The van der Waals surface area contributed by atoms with Crippen LogP contribution in [0.2, 0.25) is 0 Å². The number of hydrogen-bond acceptors (Lipinski definition) is 4. The summed E-state index contributed by atoms with van der Waals surface area (Å²) in [6, 6.07) is 11.6. The molecule has 3 rings (SSSR count). The van der Waals surface area contributed by atoms with Crippen molar-refractivity contribution in [1.29, 1.82) is 0 Å². The molecule has 0 aromatic heterocycles. The van der Waals surface area contributed by atoms with Gasteiger partial charge in [-0.05, 0) is 18.2 Å². The Labute approximate surface area is 150 Å². The van der Waals surface area contributed by atoms with Gasteiger partial charge in [-0.25, -0.2) is 9.64 Å². The van der Waals surface area contributed by atoms with E-state index in [1.807, 2.05) is 6.07 Å². The van der Waals surface area contributed by atoms with Crippen molar-refractivity contribution in [2.24, 2.45) is 0 Å². The molecule has 0 radical (unpaired) electrons. The molecule has 2 amide bonds. The highest BCUT2D eigenvalue weighted by Crippen LogP contribution is 2.35. The molecule has 7 nitrogen and oxygen atoms in total. The predicted molar refractivity (Wildman–Crippen MR) is 95.5 cm³/mol. The van der Waals surface area contributed by atoms with Crippen molar-refractivity contribution in [1.82, 2.24) is 5.32 Å². The summed E-state index contributed by atoms with van der Waals surface area (Å²) in [5.41, 5.74) is 2.06. The lowest BCUT2D eigenvalue weighted by molar-refractivity contribution is 0.102. The van der Waals surface area contributed by atoms with Crippen LogP contribution in [0.1, 0.15) is 28.4 Å². The fourth-order valence-corrected chi connectivity index (χ4v) is 2.81.